The van der Waals surface area contributed by atoms with Gasteiger partial charge in [-0.15, -0.1) is 0 Å². The molecule has 0 bridgehead atoms. The Morgan fingerprint density at radius 2 is 1.41 bits per heavy atom. The first-order valence-corrected chi connectivity index (χ1v) is 10.5. The molecule has 180 valence electrons. The number of rotatable bonds is 8. The van der Waals surface area contributed by atoms with Gasteiger partial charge in [-0.1, -0.05) is 0 Å². The van der Waals surface area contributed by atoms with Gasteiger partial charge in [0.2, 0.25) is 17.7 Å². The maximum Gasteiger partial charge on any atom is 0.404 e. The summed E-state index contributed by atoms with van der Waals surface area (Å²) in [5, 5.41) is 33.2. The highest BCUT2D eigenvalue weighted by Gasteiger charge is 2.44. The fourth-order valence-electron chi connectivity index (χ4n) is 4.09. The maximum absolute atomic E-state index is 13.2. The number of hydrogen-bond acceptors (Lipinski definition) is 7. The lowest BCUT2D eigenvalue weighted by Crippen LogP contribution is -2.57. The molecular formula is C19H31N5O8. The maximum atomic E-state index is 13.2. The lowest BCUT2D eigenvalue weighted by atomic mass is 10.1. The van der Waals surface area contributed by atoms with E-state index in [4.69, 9.17) is 10.8 Å². The van der Waals surface area contributed by atoms with Gasteiger partial charge in [0, 0.05) is 13.1 Å². The Balaban J connectivity index is 2.07. The fraction of sp³-hybridized carbons (Fsp3) is 0.737. The van der Waals surface area contributed by atoms with E-state index >= 15 is 0 Å². The number of carboxylic acid groups (broad SMARTS) is 1. The van der Waals surface area contributed by atoms with Crippen LogP contribution in [-0.2, 0) is 19.2 Å². The van der Waals surface area contributed by atoms with Gasteiger partial charge in [0.25, 0.3) is 5.91 Å². The zero-order valence-corrected chi connectivity index (χ0v) is 18.1. The van der Waals surface area contributed by atoms with Crippen molar-refractivity contribution in [2.75, 3.05) is 13.1 Å². The minimum Gasteiger partial charge on any atom is -0.465 e. The minimum atomic E-state index is -1.66. The Morgan fingerprint density at radius 3 is 1.97 bits per heavy atom. The van der Waals surface area contributed by atoms with Crippen LogP contribution in [0, 0.1) is 0 Å². The zero-order chi connectivity index (χ0) is 24.2. The van der Waals surface area contributed by atoms with Gasteiger partial charge < -0.3 is 41.5 Å². The number of aliphatic hydroxyl groups is 2. The molecule has 2 heterocycles. The van der Waals surface area contributed by atoms with Gasteiger partial charge in [0.15, 0.2) is 12.2 Å². The predicted octanol–water partition coefficient (Wildman–Crippen LogP) is -2.66. The Hall–Kier alpha value is -2.93. The van der Waals surface area contributed by atoms with Crippen molar-refractivity contribution in [3.05, 3.63) is 0 Å². The van der Waals surface area contributed by atoms with Crippen molar-refractivity contribution < 1.29 is 39.3 Å². The van der Waals surface area contributed by atoms with Crippen molar-refractivity contribution >= 4 is 29.7 Å². The molecule has 2 aliphatic heterocycles. The Kier molecular flexibility index (Phi) is 8.38. The molecule has 32 heavy (non-hydrogen) atoms. The van der Waals surface area contributed by atoms with Gasteiger partial charge >= 0.3 is 6.09 Å². The number of nitrogens with two attached hydrogens (primary N) is 1. The summed E-state index contributed by atoms with van der Waals surface area (Å²) in [6.45, 7) is 3.27. The molecule has 13 nitrogen and oxygen atoms in total. The SMILES string of the molecule is C[C@H](NC(=O)[C@H]1CCCN1C(=O)[C@H]1CCCN1C(=O)[C@H](O)[C@H](C)NC(=O)O)[C@@H](O)C(N)=O. The second-order valence-electron chi connectivity index (χ2n) is 8.21. The van der Waals surface area contributed by atoms with Crippen LogP contribution in [0.15, 0.2) is 0 Å². The van der Waals surface area contributed by atoms with Gasteiger partial charge in [0.1, 0.15) is 12.1 Å². The summed E-state index contributed by atoms with van der Waals surface area (Å²) >= 11 is 0. The normalized spacial score (nSPS) is 24.4. The summed E-state index contributed by atoms with van der Waals surface area (Å²) in [4.78, 5) is 63.1. The van der Waals surface area contributed by atoms with Gasteiger partial charge in [-0.25, -0.2) is 4.79 Å². The Labute approximate surface area is 184 Å². The van der Waals surface area contributed by atoms with Crippen molar-refractivity contribution in [3.63, 3.8) is 0 Å². The van der Waals surface area contributed by atoms with E-state index in [0.29, 0.717) is 32.2 Å². The van der Waals surface area contributed by atoms with Crippen LogP contribution in [0.2, 0.25) is 0 Å². The average Bonchev–Trinajstić information content (AvgIpc) is 3.40. The molecule has 13 heteroatoms. The van der Waals surface area contributed by atoms with E-state index in [1.807, 2.05) is 5.32 Å². The highest BCUT2D eigenvalue weighted by molar-refractivity contribution is 5.94. The van der Waals surface area contributed by atoms with Crippen LogP contribution in [-0.4, -0.2) is 104 Å². The summed E-state index contributed by atoms with van der Waals surface area (Å²) in [5.74, 6) is -2.73. The predicted molar refractivity (Wildman–Crippen MR) is 109 cm³/mol. The second kappa shape index (κ2) is 10.6. The fourth-order valence-corrected chi connectivity index (χ4v) is 4.09. The first kappa shape index (κ1) is 25.3. The monoisotopic (exact) mass is 457 g/mol. The molecule has 2 fully saturated rings. The molecule has 0 aromatic carbocycles. The van der Waals surface area contributed by atoms with E-state index in [0.717, 1.165) is 0 Å². The molecule has 0 radical (unpaired) electrons. The summed E-state index contributed by atoms with van der Waals surface area (Å²) in [7, 11) is 0. The number of carbonyl (C=O) groups is 5. The first-order valence-electron chi connectivity index (χ1n) is 10.5. The lowest BCUT2D eigenvalue weighted by molar-refractivity contribution is -0.151. The number of aliphatic hydroxyl groups excluding tert-OH is 2. The number of likely N-dealkylation sites (tertiary alicyclic amines) is 2. The molecule has 2 aliphatic rings. The van der Waals surface area contributed by atoms with Gasteiger partial charge in [0.05, 0.1) is 12.1 Å². The number of nitrogens with one attached hydrogen (secondary N) is 2. The van der Waals surface area contributed by atoms with Crippen LogP contribution >= 0.6 is 0 Å². The molecule has 2 rings (SSSR count). The largest absolute Gasteiger partial charge is 0.465 e. The van der Waals surface area contributed by atoms with E-state index < -0.39 is 66.1 Å². The van der Waals surface area contributed by atoms with E-state index in [-0.39, 0.29) is 6.54 Å². The van der Waals surface area contributed by atoms with Crippen LogP contribution in [0.4, 0.5) is 4.79 Å². The number of hydrogen-bond donors (Lipinski definition) is 6. The molecule has 0 aromatic rings. The van der Waals surface area contributed by atoms with Gasteiger partial charge in [-0.3, -0.25) is 19.2 Å². The van der Waals surface area contributed by atoms with Gasteiger partial charge in [-0.2, -0.15) is 0 Å². The summed E-state index contributed by atoms with van der Waals surface area (Å²) in [5.41, 5.74) is 5.04. The van der Waals surface area contributed by atoms with Crippen LogP contribution in [0.3, 0.4) is 0 Å². The molecule has 0 unspecified atom stereocenters. The van der Waals surface area contributed by atoms with Crippen molar-refractivity contribution in [3.8, 4) is 0 Å². The van der Waals surface area contributed by atoms with Crippen molar-refractivity contribution in [1.82, 2.24) is 20.4 Å². The van der Waals surface area contributed by atoms with E-state index in [9.17, 15) is 34.2 Å². The quantitative estimate of drug-likeness (QED) is 0.226. The number of primary amides is 1. The number of amides is 5. The minimum absolute atomic E-state index is 0.221. The average molecular weight is 457 g/mol. The highest BCUT2D eigenvalue weighted by Crippen LogP contribution is 2.26. The standard InChI is InChI=1S/C19H31N5O8/c1-9(13(25)15(20)27)21-16(28)11-5-3-7-23(11)17(29)12-6-4-8-24(12)18(30)14(26)10(2)22-19(31)32/h9-14,22,25-26H,3-8H2,1-2H3,(H2,20,27)(H,21,28)(H,31,32)/t9-,10-,11+,12+,13+,14+/m0/s1. The van der Waals surface area contributed by atoms with Gasteiger partial charge in [-0.05, 0) is 39.5 Å². The Morgan fingerprint density at radius 1 is 0.875 bits per heavy atom. The van der Waals surface area contributed by atoms with Crippen LogP contribution in [0.25, 0.3) is 0 Å². The summed E-state index contributed by atoms with van der Waals surface area (Å²) in [6.07, 6.45) is -2.83. The molecule has 7 N–H and O–H groups in total. The summed E-state index contributed by atoms with van der Waals surface area (Å²) in [6, 6.07) is -3.73. The van der Waals surface area contributed by atoms with E-state index in [1.165, 1.54) is 23.6 Å². The van der Waals surface area contributed by atoms with E-state index in [1.54, 1.807) is 0 Å². The molecule has 0 aromatic heterocycles. The Bertz CT molecular complexity index is 762. The van der Waals surface area contributed by atoms with Crippen molar-refractivity contribution in [2.45, 2.75) is 75.9 Å². The molecule has 6 atom stereocenters. The third-order valence-corrected chi connectivity index (χ3v) is 5.87. The molecule has 5 amide bonds. The first-order chi connectivity index (χ1) is 15.0. The van der Waals surface area contributed by atoms with Crippen molar-refractivity contribution in [1.29, 1.82) is 0 Å². The third kappa shape index (κ3) is 5.65. The van der Waals surface area contributed by atoms with Crippen LogP contribution in [0.1, 0.15) is 39.5 Å². The van der Waals surface area contributed by atoms with E-state index in [2.05, 4.69) is 5.32 Å². The van der Waals surface area contributed by atoms with Crippen LogP contribution in [0.5, 0.6) is 0 Å². The molecule has 0 saturated carbocycles. The van der Waals surface area contributed by atoms with Crippen LogP contribution < -0.4 is 16.4 Å². The highest BCUT2D eigenvalue weighted by atomic mass is 16.4. The second-order valence-corrected chi connectivity index (χ2v) is 8.21. The zero-order valence-electron chi connectivity index (χ0n) is 18.1. The number of nitrogens with zero attached hydrogens (tertiary/aromatic N) is 2. The smallest absolute Gasteiger partial charge is 0.404 e. The molecule has 0 spiro atoms. The topological polar surface area (TPSA) is 203 Å². The molecule has 2 saturated heterocycles. The lowest BCUT2D eigenvalue weighted by Gasteiger charge is -2.33. The third-order valence-electron chi connectivity index (χ3n) is 5.87. The molecular weight excluding hydrogens is 426 g/mol. The number of carbonyl (C=O) groups excluding carboxylic acids is 4. The molecule has 0 aliphatic carbocycles. The summed E-state index contributed by atoms with van der Waals surface area (Å²) < 4.78 is 0. The van der Waals surface area contributed by atoms with Crippen molar-refractivity contribution in [2.24, 2.45) is 5.73 Å².